The summed E-state index contributed by atoms with van der Waals surface area (Å²) in [4.78, 5) is 17.9. The van der Waals surface area contributed by atoms with Crippen molar-refractivity contribution in [1.82, 2.24) is 4.98 Å². The second-order valence-electron chi connectivity index (χ2n) is 4.27. The summed E-state index contributed by atoms with van der Waals surface area (Å²) in [6.07, 6.45) is 2.13. The average Bonchev–Trinajstić information content (AvgIpc) is 2.95. The lowest BCUT2D eigenvalue weighted by atomic mass is 10.2. The van der Waals surface area contributed by atoms with Gasteiger partial charge in [0.15, 0.2) is 0 Å². The highest BCUT2D eigenvalue weighted by Gasteiger charge is 2.14. The van der Waals surface area contributed by atoms with Gasteiger partial charge in [-0.05, 0) is 17.5 Å². The number of anilines is 1. The van der Waals surface area contributed by atoms with E-state index in [1.54, 1.807) is 24.6 Å². The molecule has 5 nitrogen and oxygen atoms in total. The van der Waals surface area contributed by atoms with Crippen molar-refractivity contribution in [1.29, 1.82) is 0 Å². The van der Waals surface area contributed by atoms with E-state index in [0.717, 1.165) is 11.2 Å². The summed E-state index contributed by atoms with van der Waals surface area (Å²) in [6.45, 7) is 1.84. The fourth-order valence-corrected chi connectivity index (χ4v) is 2.76. The Morgan fingerprint density at radius 3 is 2.95 bits per heavy atom. The van der Waals surface area contributed by atoms with Gasteiger partial charge >= 0.3 is 5.97 Å². The highest BCUT2D eigenvalue weighted by Crippen LogP contribution is 2.28. The Balaban J connectivity index is 2.20. The molecule has 0 N–H and O–H groups in total. The lowest BCUT2D eigenvalue weighted by Gasteiger charge is -2.23. The van der Waals surface area contributed by atoms with Gasteiger partial charge in [0.25, 0.3) is 0 Å². The summed E-state index contributed by atoms with van der Waals surface area (Å²) in [5.74, 6) is 0.676. The number of pyridine rings is 1. The van der Waals surface area contributed by atoms with Crippen molar-refractivity contribution in [2.45, 2.75) is 6.42 Å². The summed E-state index contributed by atoms with van der Waals surface area (Å²) < 4.78 is 11.0. The molecular formula is C14H18N2O3S. The summed E-state index contributed by atoms with van der Waals surface area (Å²) in [5, 5.41) is 3.16. The van der Waals surface area contributed by atoms with Crippen molar-refractivity contribution >= 4 is 33.2 Å². The molecule has 0 aliphatic carbocycles. The number of thiophene rings is 1. The molecule has 0 aliphatic rings. The fraction of sp³-hybridized carbons (Fsp3) is 0.429. The Morgan fingerprint density at radius 1 is 1.35 bits per heavy atom. The van der Waals surface area contributed by atoms with Crippen LogP contribution in [0.1, 0.15) is 6.42 Å². The van der Waals surface area contributed by atoms with E-state index in [0.29, 0.717) is 26.1 Å². The van der Waals surface area contributed by atoms with Crippen molar-refractivity contribution in [3.8, 4) is 0 Å². The molecular weight excluding hydrogens is 276 g/mol. The maximum absolute atomic E-state index is 11.3. The summed E-state index contributed by atoms with van der Waals surface area (Å²) in [6, 6.07) is 4.05. The zero-order valence-electron chi connectivity index (χ0n) is 11.7. The monoisotopic (exact) mass is 294 g/mol. The quantitative estimate of drug-likeness (QED) is 0.734. The van der Waals surface area contributed by atoms with Gasteiger partial charge in [-0.2, -0.15) is 0 Å². The lowest BCUT2D eigenvalue weighted by molar-refractivity contribution is -0.140. The van der Waals surface area contributed by atoms with Crippen LogP contribution in [0.3, 0.4) is 0 Å². The first-order valence-electron chi connectivity index (χ1n) is 6.39. The molecule has 2 rings (SSSR count). The van der Waals surface area contributed by atoms with Gasteiger partial charge in [0.1, 0.15) is 5.82 Å². The van der Waals surface area contributed by atoms with Crippen molar-refractivity contribution in [2.24, 2.45) is 0 Å². The lowest BCUT2D eigenvalue weighted by Crippen LogP contribution is -2.30. The molecule has 0 aliphatic heterocycles. The summed E-state index contributed by atoms with van der Waals surface area (Å²) >= 11 is 1.68. The Morgan fingerprint density at radius 2 is 2.20 bits per heavy atom. The minimum Gasteiger partial charge on any atom is -0.469 e. The number of fused-ring (bicyclic) bond motifs is 1. The van der Waals surface area contributed by atoms with E-state index in [1.807, 2.05) is 11.4 Å². The fourth-order valence-electron chi connectivity index (χ4n) is 1.99. The van der Waals surface area contributed by atoms with Crippen molar-refractivity contribution in [3.05, 3.63) is 23.7 Å². The van der Waals surface area contributed by atoms with E-state index < -0.39 is 0 Å². The van der Waals surface area contributed by atoms with Gasteiger partial charge in [0.05, 0.1) is 20.1 Å². The third kappa shape index (κ3) is 3.46. The number of carbonyl (C=O) groups is 1. The highest BCUT2D eigenvalue weighted by atomic mass is 32.1. The first-order valence-corrected chi connectivity index (χ1v) is 7.27. The smallest absolute Gasteiger partial charge is 0.307 e. The molecule has 0 unspecified atom stereocenters. The number of carbonyl (C=O) groups excluding carboxylic acids is 1. The van der Waals surface area contributed by atoms with Crippen LogP contribution in [-0.4, -0.2) is 44.9 Å². The molecule has 0 spiro atoms. The first-order chi connectivity index (χ1) is 9.76. The topological polar surface area (TPSA) is 51.7 Å². The van der Waals surface area contributed by atoms with Crippen molar-refractivity contribution in [2.75, 3.05) is 38.8 Å². The van der Waals surface area contributed by atoms with E-state index in [1.165, 1.54) is 11.8 Å². The van der Waals surface area contributed by atoms with Crippen LogP contribution in [0, 0.1) is 0 Å². The van der Waals surface area contributed by atoms with Gasteiger partial charge in [-0.3, -0.25) is 4.79 Å². The maximum atomic E-state index is 11.3. The number of hydrogen-bond acceptors (Lipinski definition) is 6. The zero-order chi connectivity index (χ0) is 14.4. The van der Waals surface area contributed by atoms with Gasteiger partial charge in [-0.25, -0.2) is 4.98 Å². The molecule has 0 saturated heterocycles. The van der Waals surface area contributed by atoms with Gasteiger partial charge in [-0.15, -0.1) is 11.3 Å². The van der Waals surface area contributed by atoms with Crippen LogP contribution < -0.4 is 4.90 Å². The number of aromatic nitrogens is 1. The zero-order valence-corrected chi connectivity index (χ0v) is 12.5. The largest absolute Gasteiger partial charge is 0.469 e. The van der Waals surface area contributed by atoms with Crippen LogP contribution in [0.2, 0.25) is 0 Å². The average molecular weight is 294 g/mol. The molecule has 2 heterocycles. The van der Waals surface area contributed by atoms with Gasteiger partial charge in [0.2, 0.25) is 0 Å². The van der Waals surface area contributed by atoms with E-state index in [9.17, 15) is 4.79 Å². The number of nitrogens with zero attached hydrogens (tertiary/aromatic N) is 2. The molecule has 0 fully saturated rings. The maximum Gasteiger partial charge on any atom is 0.307 e. The van der Waals surface area contributed by atoms with Crippen LogP contribution >= 0.6 is 11.3 Å². The predicted molar refractivity (Wildman–Crippen MR) is 80.3 cm³/mol. The molecule has 0 radical (unpaired) electrons. The number of hydrogen-bond donors (Lipinski definition) is 0. The molecule has 0 aromatic carbocycles. The van der Waals surface area contributed by atoms with Crippen LogP contribution in [0.25, 0.3) is 10.1 Å². The third-order valence-corrected chi connectivity index (χ3v) is 3.92. The predicted octanol–water partition coefficient (Wildman–Crippen LogP) is 2.31. The van der Waals surface area contributed by atoms with Crippen LogP contribution in [0.5, 0.6) is 0 Å². The Kier molecular flexibility index (Phi) is 5.31. The van der Waals surface area contributed by atoms with Gasteiger partial charge in [-0.1, -0.05) is 0 Å². The second kappa shape index (κ2) is 7.21. The van der Waals surface area contributed by atoms with E-state index in [-0.39, 0.29) is 5.97 Å². The summed E-state index contributed by atoms with van der Waals surface area (Å²) in [7, 11) is 3.07. The van der Waals surface area contributed by atoms with Crippen molar-refractivity contribution in [3.63, 3.8) is 0 Å². The molecule has 2 aromatic heterocycles. The van der Waals surface area contributed by atoms with E-state index >= 15 is 0 Å². The molecule has 0 saturated carbocycles. The van der Waals surface area contributed by atoms with E-state index in [4.69, 9.17) is 9.47 Å². The summed E-state index contributed by atoms with van der Waals surface area (Å²) in [5.41, 5.74) is 0. The van der Waals surface area contributed by atoms with Crippen LogP contribution in [0.15, 0.2) is 23.7 Å². The van der Waals surface area contributed by atoms with Crippen LogP contribution in [0.4, 0.5) is 5.82 Å². The van der Waals surface area contributed by atoms with E-state index in [2.05, 4.69) is 16.0 Å². The molecule has 0 bridgehead atoms. The minimum atomic E-state index is -0.218. The normalized spacial score (nSPS) is 10.7. The molecule has 20 heavy (non-hydrogen) atoms. The molecule has 108 valence electrons. The Labute approximate surface area is 122 Å². The number of ether oxygens (including phenoxy) is 2. The second-order valence-corrected chi connectivity index (χ2v) is 5.22. The highest BCUT2D eigenvalue weighted by molar-refractivity contribution is 7.17. The van der Waals surface area contributed by atoms with Crippen LogP contribution in [-0.2, 0) is 14.3 Å². The molecule has 2 aromatic rings. The first kappa shape index (κ1) is 14.7. The molecule has 0 amide bonds. The Bertz CT molecular complexity index is 570. The van der Waals surface area contributed by atoms with Gasteiger partial charge < -0.3 is 14.4 Å². The molecule has 0 atom stereocenters. The minimum absolute atomic E-state index is 0.218. The standard InChI is InChI=1S/C14H18N2O3S/c1-18-9-8-16(7-4-13(17)19-2)14-11-5-10-20-12(11)3-6-15-14/h3,5-6,10H,4,7-9H2,1-2H3. The number of rotatable bonds is 7. The number of esters is 1. The Hall–Kier alpha value is -1.66. The van der Waals surface area contributed by atoms with Gasteiger partial charge in [0, 0.05) is 36.5 Å². The SMILES string of the molecule is COCCN(CCC(=O)OC)c1nccc2sccc12. The molecule has 6 heteroatoms. The third-order valence-electron chi connectivity index (χ3n) is 3.04. The number of methoxy groups -OCH3 is 2. The van der Waals surface area contributed by atoms with Crippen molar-refractivity contribution < 1.29 is 14.3 Å².